The van der Waals surface area contributed by atoms with Crippen molar-refractivity contribution in [2.24, 2.45) is 0 Å². The van der Waals surface area contributed by atoms with Crippen molar-refractivity contribution < 1.29 is 4.79 Å². The molecule has 3 rings (SSSR count). The minimum Gasteiger partial charge on any atom is -0.345 e. The summed E-state index contributed by atoms with van der Waals surface area (Å²) in [6.07, 6.45) is 0. The van der Waals surface area contributed by atoms with E-state index < -0.39 is 0 Å². The maximum atomic E-state index is 12.3. The Morgan fingerprint density at radius 2 is 1.75 bits per heavy atom. The van der Waals surface area contributed by atoms with Crippen LogP contribution in [0.15, 0.2) is 12.1 Å². The molecular formula is C18H26N4OS. The number of thiazole rings is 1. The highest BCUT2D eigenvalue weighted by atomic mass is 32.1. The van der Waals surface area contributed by atoms with Crippen molar-refractivity contribution in [3.8, 4) is 0 Å². The van der Waals surface area contributed by atoms with Crippen LogP contribution in [0.3, 0.4) is 0 Å². The molecule has 0 aliphatic carbocycles. The summed E-state index contributed by atoms with van der Waals surface area (Å²) in [6, 6.07) is 4.32. The number of aromatic nitrogens is 1. The van der Waals surface area contributed by atoms with Crippen LogP contribution < -0.4 is 10.2 Å². The van der Waals surface area contributed by atoms with Gasteiger partial charge in [0.15, 0.2) is 5.13 Å². The van der Waals surface area contributed by atoms with Gasteiger partial charge in [-0.2, -0.15) is 0 Å². The van der Waals surface area contributed by atoms with E-state index >= 15 is 0 Å². The van der Waals surface area contributed by atoms with Crippen LogP contribution in [0.4, 0.5) is 9.93 Å². The molecule has 1 N–H and O–H groups in total. The SMILES string of the molecule is Cc1ccc(C)c2sc(N3CCN(C(=O)NC(C)(C)C)CC3)nc12. The number of nitrogens with zero attached hydrogens (tertiary/aromatic N) is 3. The number of fused-ring (bicyclic) bond motifs is 1. The minimum absolute atomic E-state index is 0.0261. The fourth-order valence-corrected chi connectivity index (χ4v) is 4.05. The number of carbonyl (C=O) groups excluding carboxylic acids is 1. The largest absolute Gasteiger partial charge is 0.345 e. The molecule has 0 spiro atoms. The third kappa shape index (κ3) is 3.48. The summed E-state index contributed by atoms with van der Waals surface area (Å²) in [5.41, 5.74) is 3.42. The first-order chi connectivity index (χ1) is 11.2. The zero-order chi connectivity index (χ0) is 17.5. The van der Waals surface area contributed by atoms with Gasteiger partial charge in [0, 0.05) is 31.7 Å². The molecule has 0 unspecified atom stereocenters. The first-order valence-electron chi connectivity index (χ1n) is 8.43. The lowest BCUT2D eigenvalue weighted by molar-refractivity contribution is 0.185. The predicted octanol–water partition coefficient (Wildman–Crippen LogP) is 3.54. The van der Waals surface area contributed by atoms with Gasteiger partial charge in [-0.3, -0.25) is 0 Å². The van der Waals surface area contributed by atoms with Gasteiger partial charge >= 0.3 is 6.03 Å². The third-order valence-electron chi connectivity index (χ3n) is 4.25. The van der Waals surface area contributed by atoms with Gasteiger partial charge in [-0.1, -0.05) is 23.5 Å². The molecule has 2 amide bonds. The van der Waals surface area contributed by atoms with Crippen molar-refractivity contribution in [3.63, 3.8) is 0 Å². The average Bonchev–Trinajstić information content (AvgIpc) is 2.96. The summed E-state index contributed by atoms with van der Waals surface area (Å²) in [6.45, 7) is 13.4. The Labute approximate surface area is 147 Å². The predicted molar refractivity (Wildman–Crippen MR) is 101 cm³/mol. The van der Waals surface area contributed by atoms with Crippen molar-refractivity contribution in [3.05, 3.63) is 23.3 Å². The van der Waals surface area contributed by atoms with E-state index in [0.29, 0.717) is 0 Å². The Bertz CT molecular complexity index is 715. The van der Waals surface area contributed by atoms with E-state index in [1.807, 2.05) is 25.7 Å². The number of hydrogen-bond donors (Lipinski definition) is 1. The van der Waals surface area contributed by atoms with Crippen molar-refractivity contribution in [1.82, 2.24) is 15.2 Å². The van der Waals surface area contributed by atoms with Gasteiger partial charge in [-0.15, -0.1) is 0 Å². The topological polar surface area (TPSA) is 48.5 Å². The zero-order valence-corrected chi connectivity index (χ0v) is 16.0. The molecule has 0 saturated carbocycles. The van der Waals surface area contributed by atoms with E-state index in [-0.39, 0.29) is 11.6 Å². The lowest BCUT2D eigenvalue weighted by atomic mass is 10.1. The second-order valence-electron chi connectivity index (χ2n) is 7.53. The highest BCUT2D eigenvalue weighted by Gasteiger charge is 2.25. The van der Waals surface area contributed by atoms with Gasteiger partial charge in [0.2, 0.25) is 0 Å². The number of benzene rings is 1. The van der Waals surface area contributed by atoms with Gasteiger partial charge in [0.05, 0.1) is 10.2 Å². The van der Waals surface area contributed by atoms with Crippen LogP contribution >= 0.6 is 11.3 Å². The monoisotopic (exact) mass is 346 g/mol. The molecule has 1 aromatic heterocycles. The summed E-state index contributed by atoms with van der Waals surface area (Å²) in [4.78, 5) is 21.3. The lowest BCUT2D eigenvalue weighted by Crippen LogP contribution is -2.55. The Balaban J connectivity index is 1.70. The molecule has 0 bridgehead atoms. The fraction of sp³-hybridized carbons (Fsp3) is 0.556. The Kier molecular flexibility index (Phi) is 4.42. The van der Waals surface area contributed by atoms with Crippen LogP contribution in [-0.2, 0) is 0 Å². The molecule has 0 radical (unpaired) electrons. The summed E-state index contributed by atoms with van der Waals surface area (Å²) in [5.74, 6) is 0. The number of urea groups is 1. The van der Waals surface area contributed by atoms with Gasteiger partial charge in [0.1, 0.15) is 0 Å². The summed E-state index contributed by atoms with van der Waals surface area (Å²) in [5, 5.41) is 4.10. The normalized spacial score (nSPS) is 15.9. The summed E-state index contributed by atoms with van der Waals surface area (Å²) in [7, 11) is 0. The van der Waals surface area contributed by atoms with Crippen molar-refractivity contribution in [1.29, 1.82) is 0 Å². The summed E-state index contributed by atoms with van der Waals surface area (Å²) >= 11 is 1.76. The highest BCUT2D eigenvalue weighted by Crippen LogP contribution is 2.33. The van der Waals surface area contributed by atoms with Gasteiger partial charge in [0.25, 0.3) is 0 Å². The van der Waals surface area contributed by atoms with Crippen LogP contribution in [0.5, 0.6) is 0 Å². The zero-order valence-electron chi connectivity index (χ0n) is 15.1. The van der Waals surface area contributed by atoms with Crippen LogP contribution in [0, 0.1) is 13.8 Å². The molecule has 1 aliphatic rings. The second-order valence-corrected chi connectivity index (χ2v) is 8.51. The molecule has 5 nitrogen and oxygen atoms in total. The molecule has 1 aliphatic heterocycles. The first kappa shape index (κ1) is 17.0. The van der Waals surface area contributed by atoms with Gasteiger partial charge in [-0.05, 0) is 45.7 Å². The van der Waals surface area contributed by atoms with Gasteiger partial charge in [-0.25, -0.2) is 9.78 Å². The van der Waals surface area contributed by atoms with Crippen LogP contribution in [0.2, 0.25) is 0 Å². The molecule has 6 heteroatoms. The number of aryl methyl sites for hydroxylation is 2. The highest BCUT2D eigenvalue weighted by molar-refractivity contribution is 7.22. The summed E-state index contributed by atoms with van der Waals surface area (Å²) < 4.78 is 1.28. The number of anilines is 1. The number of carbonyl (C=O) groups is 1. The first-order valence-corrected chi connectivity index (χ1v) is 9.25. The molecule has 1 aromatic carbocycles. The van der Waals surface area contributed by atoms with Crippen molar-refractivity contribution >= 4 is 32.7 Å². The Hall–Kier alpha value is -1.82. The molecule has 0 atom stereocenters. The molecular weight excluding hydrogens is 320 g/mol. The van der Waals surface area contributed by atoms with E-state index in [1.165, 1.54) is 15.8 Å². The number of nitrogens with one attached hydrogen (secondary N) is 1. The van der Waals surface area contributed by atoms with E-state index in [2.05, 4.69) is 36.2 Å². The maximum absolute atomic E-state index is 12.3. The Morgan fingerprint density at radius 3 is 2.33 bits per heavy atom. The number of amides is 2. The fourth-order valence-electron chi connectivity index (χ4n) is 2.88. The standard InChI is InChI=1S/C18H26N4OS/c1-12-6-7-13(2)15-14(12)19-17(24-15)22-10-8-21(9-11-22)16(23)20-18(3,4)5/h6-7H,8-11H2,1-5H3,(H,20,23). The van der Waals surface area contributed by atoms with E-state index in [4.69, 9.17) is 4.98 Å². The van der Waals surface area contributed by atoms with Crippen LogP contribution in [0.1, 0.15) is 31.9 Å². The average molecular weight is 347 g/mol. The lowest BCUT2D eigenvalue weighted by Gasteiger charge is -2.36. The molecule has 2 heterocycles. The molecule has 1 saturated heterocycles. The molecule has 24 heavy (non-hydrogen) atoms. The smallest absolute Gasteiger partial charge is 0.317 e. The molecule has 1 fully saturated rings. The third-order valence-corrected chi connectivity index (χ3v) is 5.50. The molecule has 130 valence electrons. The maximum Gasteiger partial charge on any atom is 0.317 e. The van der Waals surface area contributed by atoms with E-state index in [1.54, 1.807) is 11.3 Å². The van der Waals surface area contributed by atoms with Gasteiger partial charge < -0.3 is 15.1 Å². The van der Waals surface area contributed by atoms with E-state index in [9.17, 15) is 4.79 Å². The van der Waals surface area contributed by atoms with Crippen molar-refractivity contribution in [2.45, 2.75) is 40.2 Å². The Morgan fingerprint density at radius 1 is 1.12 bits per heavy atom. The second kappa shape index (κ2) is 6.24. The van der Waals surface area contributed by atoms with Crippen LogP contribution in [0.25, 0.3) is 10.2 Å². The van der Waals surface area contributed by atoms with E-state index in [0.717, 1.165) is 36.8 Å². The number of rotatable bonds is 1. The minimum atomic E-state index is -0.198. The number of piperazine rings is 1. The number of hydrogen-bond acceptors (Lipinski definition) is 4. The molecule has 2 aromatic rings. The van der Waals surface area contributed by atoms with Crippen molar-refractivity contribution in [2.75, 3.05) is 31.1 Å². The quantitative estimate of drug-likeness (QED) is 0.859. The van der Waals surface area contributed by atoms with Crippen LogP contribution in [-0.4, -0.2) is 47.6 Å².